The number of nitrogens with one attached hydrogen (secondary N) is 2. The number of ether oxygens (including phenoxy) is 1. The van der Waals surface area contributed by atoms with Crippen molar-refractivity contribution in [2.45, 2.75) is 31.8 Å². The average molecular weight is 452 g/mol. The van der Waals surface area contributed by atoms with E-state index in [9.17, 15) is 10.1 Å². The molecule has 8 heteroatoms. The van der Waals surface area contributed by atoms with Crippen LogP contribution in [0.25, 0.3) is 0 Å². The molecule has 1 amide bonds. The monoisotopic (exact) mass is 451 g/mol. The van der Waals surface area contributed by atoms with Crippen molar-refractivity contribution >= 4 is 28.6 Å². The molecule has 2 fully saturated rings. The number of carbonyl (C=O) groups excluding carboxylic acids is 1. The van der Waals surface area contributed by atoms with Gasteiger partial charge in [0, 0.05) is 49.3 Å². The van der Waals surface area contributed by atoms with Gasteiger partial charge in [-0.15, -0.1) is 11.3 Å². The number of hydrogen-bond acceptors (Lipinski definition) is 7. The summed E-state index contributed by atoms with van der Waals surface area (Å²) in [5, 5.41) is 16.1. The number of nitriles is 1. The van der Waals surface area contributed by atoms with Gasteiger partial charge in [-0.25, -0.2) is 0 Å². The number of anilines is 2. The standard InChI is InChI=1S/C24H29N5O2S/c25-15-18-13-19(27-24(30)22-14-17-3-6-26-16-23(17)32-22)1-2-21(18)29-7-4-20(5-8-29)28-9-11-31-12-10-28/h1-2,13-14,20,26H,3-12,16H2,(H,27,30). The predicted molar refractivity (Wildman–Crippen MR) is 126 cm³/mol. The van der Waals surface area contributed by atoms with E-state index < -0.39 is 0 Å². The van der Waals surface area contributed by atoms with Crippen LogP contribution in [0.3, 0.4) is 0 Å². The molecule has 0 unspecified atom stereocenters. The van der Waals surface area contributed by atoms with Gasteiger partial charge in [-0.2, -0.15) is 5.26 Å². The van der Waals surface area contributed by atoms with E-state index in [0.717, 1.165) is 82.3 Å². The number of thiophene rings is 1. The summed E-state index contributed by atoms with van der Waals surface area (Å²) < 4.78 is 5.48. The van der Waals surface area contributed by atoms with Crippen LogP contribution < -0.4 is 15.5 Å². The second-order valence-corrected chi connectivity index (χ2v) is 9.79. The number of rotatable bonds is 4. The smallest absolute Gasteiger partial charge is 0.265 e. The first-order valence-corrected chi connectivity index (χ1v) is 12.3. The molecule has 0 bridgehead atoms. The second-order valence-electron chi connectivity index (χ2n) is 8.65. The molecule has 2 saturated heterocycles. The van der Waals surface area contributed by atoms with Crippen LogP contribution in [0.1, 0.15) is 38.5 Å². The molecule has 0 aliphatic carbocycles. The molecular weight excluding hydrogens is 422 g/mol. The quantitative estimate of drug-likeness (QED) is 0.744. The highest BCUT2D eigenvalue weighted by Gasteiger charge is 2.27. The van der Waals surface area contributed by atoms with Crippen LogP contribution in [-0.2, 0) is 17.7 Å². The molecule has 2 aromatic rings. The van der Waals surface area contributed by atoms with Gasteiger partial charge >= 0.3 is 0 Å². The summed E-state index contributed by atoms with van der Waals surface area (Å²) in [7, 11) is 0. The number of amides is 1. The molecule has 5 rings (SSSR count). The molecule has 4 heterocycles. The molecule has 0 radical (unpaired) electrons. The Labute approximate surface area is 193 Å². The summed E-state index contributed by atoms with van der Waals surface area (Å²) in [5.74, 6) is -0.104. The Morgan fingerprint density at radius 2 is 2.00 bits per heavy atom. The molecule has 2 N–H and O–H groups in total. The van der Waals surface area contributed by atoms with E-state index in [2.05, 4.69) is 26.5 Å². The molecule has 0 saturated carbocycles. The maximum atomic E-state index is 12.8. The van der Waals surface area contributed by atoms with Crippen molar-refractivity contribution in [1.82, 2.24) is 10.2 Å². The number of piperidine rings is 1. The number of carbonyl (C=O) groups is 1. The van der Waals surface area contributed by atoms with E-state index in [-0.39, 0.29) is 5.91 Å². The van der Waals surface area contributed by atoms with Crippen LogP contribution in [0, 0.1) is 11.3 Å². The largest absolute Gasteiger partial charge is 0.379 e. The van der Waals surface area contributed by atoms with E-state index in [1.807, 2.05) is 18.2 Å². The first-order valence-electron chi connectivity index (χ1n) is 11.5. The zero-order chi connectivity index (χ0) is 21.9. The number of hydrogen-bond donors (Lipinski definition) is 2. The minimum Gasteiger partial charge on any atom is -0.379 e. The van der Waals surface area contributed by atoms with Gasteiger partial charge in [0.2, 0.25) is 0 Å². The SMILES string of the molecule is N#Cc1cc(NC(=O)c2cc3c(s2)CNCC3)ccc1N1CCC(N2CCOCC2)CC1. The summed E-state index contributed by atoms with van der Waals surface area (Å²) in [6.07, 6.45) is 3.16. The molecule has 168 valence electrons. The minimum atomic E-state index is -0.104. The maximum Gasteiger partial charge on any atom is 0.265 e. The Morgan fingerprint density at radius 1 is 1.19 bits per heavy atom. The third-order valence-corrected chi connectivity index (χ3v) is 7.90. The fourth-order valence-electron chi connectivity index (χ4n) is 4.95. The van der Waals surface area contributed by atoms with E-state index in [4.69, 9.17) is 4.74 Å². The van der Waals surface area contributed by atoms with E-state index in [1.165, 1.54) is 10.4 Å². The van der Waals surface area contributed by atoms with Crippen LogP contribution in [-0.4, -0.2) is 62.8 Å². The first-order chi connectivity index (χ1) is 15.7. The van der Waals surface area contributed by atoms with Crippen molar-refractivity contribution in [2.24, 2.45) is 0 Å². The van der Waals surface area contributed by atoms with Crippen LogP contribution >= 0.6 is 11.3 Å². The molecule has 1 aromatic heterocycles. The van der Waals surface area contributed by atoms with Gasteiger partial charge in [-0.3, -0.25) is 9.69 Å². The molecule has 32 heavy (non-hydrogen) atoms. The molecule has 1 aromatic carbocycles. The van der Waals surface area contributed by atoms with Gasteiger partial charge in [0.25, 0.3) is 5.91 Å². The van der Waals surface area contributed by atoms with Crippen molar-refractivity contribution in [2.75, 3.05) is 56.2 Å². The van der Waals surface area contributed by atoms with Crippen molar-refractivity contribution in [3.05, 3.63) is 45.1 Å². The topological polar surface area (TPSA) is 80.6 Å². The van der Waals surface area contributed by atoms with Crippen molar-refractivity contribution in [1.29, 1.82) is 5.26 Å². The molecule has 3 aliphatic rings. The summed E-state index contributed by atoms with van der Waals surface area (Å²) in [4.78, 5) is 19.6. The zero-order valence-corrected chi connectivity index (χ0v) is 19.0. The summed E-state index contributed by atoms with van der Waals surface area (Å²) in [6.45, 7) is 7.38. The predicted octanol–water partition coefficient (Wildman–Crippen LogP) is 2.82. The van der Waals surface area contributed by atoms with Gasteiger partial charge in [0.15, 0.2) is 0 Å². The minimum absolute atomic E-state index is 0.104. The lowest BCUT2D eigenvalue weighted by molar-refractivity contribution is 0.0115. The zero-order valence-electron chi connectivity index (χ0n) is 18.2. The van der Waals surface area contributed by atoms with Crippen LogP contribution in [0.2, 0.25) is 0 Å². The Balaban J connectivity index is 1.24. The normalized spacial score (nSPS) is 19.9. The third-order valence-electron chi connectivity index (χ3n) is 6.72. The fraction of sp³-hybridized carbons (Fsp3) is 0.500. The van der Waals surface area contributed by atoms with Crippen LogP contribution in [0.15, 0.2) is 24.3 Å². The molecule has 3 aliphatic heterocycles. The second kappa shape index (κ2) is 9.59. The van der Waals surface area contributed by atoms with Crippen LogP contribution in [0.5, 0.6) is 0 Å². The average Bonchev–Trinajstić information content (AvgIpc) is 3.29. The van der Waals surface area contributed by atoms with Gasteiger partial charge in [0.1, 0.15) is 6.07 Å². The molecule has 0 spiro atoms. The lowest BCUT2D eigenvalue weighted by Crippen LogP contribution is -2.49. The highest BCUT2D eigenvalue weighted by molar-refractivity contribution is 7.14. The third kappa shape index (κ3) is 4.52. The first kappa shape index (κ1) is 21.4. The molecule has 7 nitrogen and oxygen atoms in total. The lowest BCUT2D eigenvalue weighted by atomic mass is 10.0. The van der Waals surface area contributed by atoms with E-state index in [1.54, 1.807) is 17.4 Å². The van der Waals surface area contributed by atoms with Crippen molar-refractivity contribution in [3.63, 3.8) is 0 Å². The number of benzene rings is 1. The molecule has 0 atom stereocenters. The Kier molecular flexibility index (Phi) is 6.42. The van der Waals surface area contributed by atoms with E-state index in [0.29, 0.717) is 17.3 Å². The van der Waals surface area contributed by atoms with E-state index >= 15 is 0 Å². The highest BCUT2D eigenvalue weighted by atomic mass is 32.1. The van der Waals surface area contributed by atoms with Gasteiger partial charge < -0.3 is 20.3 Å². The summed E-state index contributed by atoms with van der Waals surface area (Å²) in [5.41, 5.74) is 3.52. The van der Waals surface area contributed by atoms with Gasteiger partial charge in [-0.05, 0) is 55.6 Å². The van der Waals surface area contributed by atoms with Gasteiger partial charge in [-0.1, -0.05) is 0 Å². The number of fused-ring (bicyclic) bond motifs is 1. The summed E-state index contributed by atoms with van der Waals surface area (Å²) >= 11 is 1.55. The lowest BCUT2D eigenvalue weighted by Gasteiger charge is -2.41. The Bertz CT molecular complexity index is 992. The Morgan fingerprint density at radius 3 is 2.75 bits per heavy atom. The van der Waals surface area contributed by atoms with Crippen molar-refractivity contribution in [3.8, 4) is 6.07 Å². The number of morpholine rings is 1. The Hall–Kier alpha value is -2.44. The molecular formula is C24H29N5O2S. The van der Waals surface area contributed by atoms with Crippen LogP contribution in [0.4, 0.5) is 11.4 Å². The number of nitrogens with zero attached hydrogens (tertiary/aromatic N) is 3. The van der Waals surface area contributed by atoms with Gasteiger partial charge in [0.05, 0.1) is 29.3 Å². The highest BCUT2D eigenvalue weighted by Crippen LogP contribution is 2.30. The summed E-state index contributed by atoms with van der Waals surface area (Å²) in [6, 6.07) is 10.6. The fourth-order valence-corrected chi connectivity index (χ4v) is 6.03. The van der Waals surface area contributed by atoms with Crippen molar-refractivity contribution < 1.29 is 9.53 Å². The maximum absolute atomic E-state index is 12.8.